The number of carbonyl (C=O) groups excluding carboxylic acids is 1. The van der Waals surface area contributed by atoms with Gasteiger partial charge in [-0.1, -0.05) is 25.5 Å². The lowest BCUT2D eigenvalue weighted by Gasteiger charge is -2.40. The first-order valence-corrected chi connectivity index (χ1v) is 8.38. The number of nitrogens with zero attached hydrogens (tertiary/aromatic N) is 1. The summed E-state index contributed by atoms with van der Waals surface area (Å²) in [6, 6.07) is 7.57. The average molecular weight is 302 g/mol. The fraction of sp³-hybridized carbons (Fsp3) is 0.611. The highest BCUT2D eigenvalue weighted by molar-refractivity contribution is 5.94. The monoisotopic (exact) mass is 302 g/mol. The first-order chi connectivity index (χ1) is 10.6. The minimum atomic E-state index is -0.586. The number of fused-ring (bicyclic) bond motifs is 1. The summed E-state index contributed by atoms with van der Waals surface area (Å²) >= 11 is 0. The third-order valence-electron chi connectivity index (χ3n) is 5.62. The van der Waals surface area contributed by atoms with Crippen LogP contribution in [0.15, 0.2) is 24.3 Å². The van der Waals surface area contributed by atoms with E-state index in [9.17, 15) is 9.90 Å². The molecule has 0 bridgehead atoms. The lowest BCUT2D eigenvalue weighted by molar-refractivity contribution is -0.0609. The maximum absolute atomic E-state index is 12.8. The van der Waals surface area contributed by atoms with Crippen molar-refractivity contribution in [3.05, 3.63) is 35.4 Å². The molecule has 1 aliphatic carbocycles. The second-order valence-electron chi connectivity index (χ2n) is 6.83. The molecule has 4 nitrogen and oxygen atoms in total. The van der Waals surface area contributed by atoms with Gasteiger partial charge in [0.2, 0.25) is 0 Å². The van der Waals surface area contributed by atoms with Crippen LogP contribution in [0.5, 0.6) is 0 Å². The second-order valence-corrected chi connectivity index (χ2v) is 6.83. The van der Waals surface area contributed by atoms with Crippen molar-refractivity contribution in [2.45, 2.75) is 44.8 Å². The molecule has 1 aromatic carbocycles. The number of rotatable bonds is 3. The van der Waals surface area contributed by atoms with Crippen molar-refractivity contribution in [2.24, 2.45) is 17.6 Å². The van der Waals surface area contributed by atoms with Crippen LogP contribution in [0.25, 0.3) is 0 Å². The molecule has 4 heteroatoms. The fourth-order valence-electron chi connectivity index (χ4n) is 4.25. The van der Waals surface area contributed by atoms with Gasteiger partial charge in [-0.15, -0.1) is 0 Å². The molecule has 0 spiro atoms. The van der Waals surface area contributed by atoms with Crippen molar-refractivity contribution in [3.8, 4) is 0 Å². The van der Waals surface area contributed by atoms with Crippen molar-refractivity contribution >= 4 is 5.91 Å². The highest BCUT2D eigenvalue weighted by atomic mass is 16.3. The molecule has 0 aromatic heterocycles. The van der Waals surface area contributed by atoms with E-state index < -0.39 is 5.60 Å². The maximum Gasteiger partial charge on any atom is 0.253 e. The van der Waals surface area contributed by atoms with Gasteiger partial charge in [0, 0.05) is 31.1 Å². The molecule has 3 rings (SSSR count). The summed E-state index contributed by atoms with van der Waals surface area (Å²) in [5.74, 6) is 0.747. The van der Waals surface area contributed by atoms with Crippen LogP contribution in [-0.2, 0) is 6.54 Å². The van der Waals surface area contributed by atoms with Gasteiger partial charge in [-0.05, 0) is 42.9 Å². The van der Waals surface area contributed by atoms with E-state index in [2.05, 4.69) is 6.92 Å². The van der Waals surface area contributed by atoms with Crippen LogP contribution in [0.2, 0.25) is 0 Å². The molecule has 1 aliphatic heterocycles. The quantitative estimate of drug-likeness (QED) is 0.899. The Balaban J connectivity index is 1.78. The third kappa shape index (κ3) is 2.66. The summed E-state index contributed by atoms with van der Waals surface area (Å²) in [7, 11) is 0. The van der Waals surface area contributed by atoms with Crippen molar-refractivity contribution in [2.75, 3.05) is 13.1 Å². The van der Waals surface area contributed by atoms with E-state index in [1.807, 2.05) is 29.2 Å². The molecule has 1 aromatic rings. The molecule has 0 unspecified atom stereocenters. The predicted octanol–water partition coefficient (Wildman–Crippen LogP) is 2.16. The Morgan fingerprint density at radius 3 is 3.00 bits per heavy atom. The maximum atomic E-state index is 12.8. The zero-order chi connectivity index (χ0) is 15.7. The van der Waals surface area contributed by atoms with E-state index in [1.54, 1.807) is 0 Å². The summed E-state index contributed by atoms with van der Waals surface area (Å²) in [6.45, 7) is 3.96. The number of hydrogen-bond acceptors (Lipinski definition) is 3. The molecular weight excluding hydrogens is 276 g/mol. The van der Waals surface area contributed by atoms with E-state index in [4.69, 9.17) is 5.73 Å². The Hall–Kier alpha value is -1.39. The molecule has 1 heterocycles. The number of likely N-dealkylation sites (tertiary alicyclic amines) is 1. The van der Waals surface area contributed by atoms with Gasteiger partial charge < -0.3 is 15.7 Å². The summed E-state index contributed by atoms with van der Waals surface area (Å²) < 4.78 is 0. The van der Waals surface area contributed by atoms with Gasteiger partial charge in [-0.3, -0.25) is 4.79 Å². The molecule has 1 saturated heterocycles. The number of carbonyl (C=O) groups is 1. The SMILES string of the molecule is CC[C@@]1(O)CCC[C@@H]2CN(C(=O)c3cccc(CN)c3)C[C@@H]21. The molecule has 3 N–H and O–H groups in total. The zero-order valence-corrected chi connectivity index (χ0v) is 13.3. The van der Waals surface area contributed by atoms with E-state index in [1.165, 1.54) is 0 Å². The van der Waals surface area contributed by atoms with E-state index in [-0.39, 0.29) is 11.8 Å². The third-order valence-corrected chi connectivity index (χ3v) is 5.62. The summed E-state index contributed by atoms with van der Waals surface area (Å²) in [5, 5.41) is 10.8. The molecule has 2 fully saturated rings. The minimum absolute atomic E-state index is 0.0724. The summed E-state index contributed by atoms with van der Waals surface area (Å²) in [6.07, 6.45) is 3.84. The lowest BCUT2D eigenvalue weighted by Crippen LogP contribution is -2.44. The van der Waals surface area contributed by atoms with Crippen LogP contribution >= 0.6 is 0 Å². The number of benzene rings is 1. The Morgan fingerprint density at radius 1 is 1.45 bits per heavy atom. The first-order valence-electron chi connectivity index (χ1n) is 8.38. The van der Waals surface area contributed by atoms with Crippen LogP contribution in [0, 0.1) is 11.8 Å². The molecule has 1 saturated carbocycles. The molecule has 2 aliphatic rings. The highest BCUT2D eigenvalue weighted by Crippen LogP contribution is 2.44. The van der Waals surface area contributed by atoms with Gasteiger partial charge in [0.05, 0.1) is 5.60 Å². The molecule has 0 radical (unpaired) electrons. The average Bonchev–Trinajstić information content (AvgIpc) is 3.00. The van der Waals surface area contributed by atoms with Crippen LogP contribution in [-0.4, -0.2) is 34.6 Å². The fourth-order valence-corrected chi connectivity index (χ4v) is 4.25. The number of nitrogens with two attached hydrogens (primary N) is 1. The van der Waals surface area contributed by atoms with Crippen LogP contribution in [0.4, 0.5) is 0 Å². The largest absolute Gasteiger partial charge is 0.390 e. The smallest absolute Gasteiger partial charge is 0.253 e. The van der Waals surface area contributed by atoms with E-state index in [0.29, 0.717) is 24.6 Å². The summed E-state index contributed by atoms with van der Waals surface area (Å²) in [5.41, 5.74) is 6.77. The minimum Gasteiger partial charge on any atom is -0.390 e. The Morgan fingerprint density at radius 2 is 2.27 bits per heavy atom. The van der Waals surface area contributed by atoms with Gasteiger partial charge in [-0.25, -0.2) is 0 Å². The molecule has 3 atom stereocenters. The Bertz CT molecular complexity index is 560. The zero-order valence-electron chi connectivity index (χ0n) is 13.3. The molecule has 120 valence electrons. The second kappa shape index (κ2) is 6.01. The van der Waals surface area contributed by atoms with Crippen molar-refractivity contribution in [3.63, 3.8) is 0 Å². The van der Waals surface area contributed by atoms with Gasteiger partial charge >= 0.3 is 0 Å². The first kappa shape index (κ1) is 15.5. The van der Waals surface area contributed by atoms with Crippen LogP contribution in [0.1, 0.15) is 48.5 Å². The lowest BCUT2D eigenvalue weighted by atomic mass is 9.69. The van der Waals surface area contributed by atoms with Crippen molar-refractivity contribution in [1.29, 1.82) is 0 Å². The molecule has 1 amide bonds. The normalized spacial score (nSPS) is 31.1. The van der Waals surface area contributed by atoms with Gasteiger partial charge in [0.1, 0.15) is 0 Å². The Labute approximate surface area is 132 Å². The van der Waals surface area contributed by atoms with Crippen molar-refractivity contribution < 1.29 is 9.90 Å². The molecule has 22 heavy (non-hydrogen) atoms. The number of amides is 1. The Kier molecular flexibility index (Phi) is 4.24. The van der Waals surface area contributed by atoms with E-state index in [0.717, 1.165) is 37.8 Å². The van der Waals surface area contributed by atoms with Gasteiger partial charge in [-0.2, -0.15) is 0 Å². The van der Waals surface area contributed by atoms with Gasteiger partial charge in [0.15, 0.2) is 0 Å². The standard InChI is InChI=1S/C18H26N2O2/c1-2-18(22)8-4-7-15-11-20(12-16(15)18)17(21)14-6-3-5-13(9-14)10-19/h3,5-6,9,15-16,22H,2,4,7-8,10-12,19H2,1H3/t15-,16+,18-/m1/s1. The topological polar surface area (TPSA) is 66.6 Å². The van der Waals surface area contributed by atoms with Crippen LogP contribution in [0.3, 0.4) is 0 Å². The van der Waals surface area contributed by atoms with E-state index >= 15 is 0 Å². The summed E-state index contributed by atoms with van der Waals surface area (Å²) in [4.78, 5) is 14.7. The highest BCUT2D eigenvalue weighted by Gasteiger charge is 2.48. The number of hydrogen-bond donors (Lipinski definition) is 2. The van der Waals surface area contributed by atoms with Gasteiger partial charge in [0.25, 0.3) is 5.91 Å². The molecular formula is C18H26N2O2. The van der Waals surface area contributed by atoms with Crippen LogP contribution < -0.4 is 5.73 Å². The predicted molar refractivity (Wildman–Crippen MR) is 86.3 cm³/mol. The van der Waals surface area contributed by atoms with Crippen molar-refractivity contribution in [1.82, 2.24) is 4.90 Å². The number of aliphatic hydroxyl groups is 1.